The Kier molecular flexibility index (Phi) is 5.46. The number of hydrazone groups is 1. The Bertz CT molecular complexity index is 659. The molecule has 1 heterocycles. The standard InChI is InChI=1S/C18H24F2N2O3/c1-5-17(3,4)13-6-8-14(9-7-13)25-11-15(23)22-18(24,16(19)20)10-12(2)21-22/h6-9,16,24H,5,10-11H2,1-4H3/t18-/m1/s1. The lowest BCUT2D eigenvalue weighted by atomic mass is 9.82. The summed E-state index contributed by atoms with van der Waals surface area (Å²) in [5, 5.41) is 14.2. The summed E-state index contributed by atoms with van der Waals surface area (Å²) >= 11 is 0. The molecule has 5 nitrogen and oxygen atoms in total. The maximum atomic E-state index is 13.1. The van der Waals surface area contributed by atoms with Crippen molar-refractivity contribution in [1.82, 2.24) is 5.01 Å². The highest BCUT2D eigenvalue weighted by Gasteiger charge is 2.50. The summed E-state index contributed by atoms with van der Waals surface area (Å²) in [6.07, 6.45) is -2.52. The fourth-order valence-electron chi connectivity index (χ4n) is 2.60. The summed E-state index contributed by atoms with van der Waals surface area (Å²) < 4.78 is 31.6. The van der Waals surface area contributed by atoms with Crippen LogP contribution in [-0.2, 0) is 10.2 Å². The average molecular weight is 354 g/mol. The van der Waals surface area contributed by atoms with Crippen LogP contribution in [0.5, 0.6) is 5.75 Å². The van der Waals surface area contributed by atoms with E-state index in [1.54, 1.807) is 12.1 Å². The number of amides is 1. The summed E-state index contributed by atoms with van der Waals surface area (Å²) in [5.41, 5.74) is -1.16. The number of nitrogens with zero attached hydrogens (tertiary/aromatic N) is 2. The number of carbonyl (C=O) groups is 1. The smallest absolute Gasteiger partial charge is 0.287 e. The SMILES string of the molecule is CCC(C)(C)c1ccc(OCC(=O)N2N=C(C)C[C@@]2(O)C(F)F)cc1. The number of carbonyl (C=O) groups excluding carboxylic acids is 1. The number of aliphatic hydroxyl groups is 1. The first-order chi connectivity index (χ1) is 11.6. The van der Waals surface area contributed by atoms with Gasteiger partial charge in [-0.25, -0.2) is 8.78 Å². The molecule has 0 saturated carbocycles. The minimum Gasteiger partial charge on any atom is -0.484 e. The highest BCUT2D eigenvalue weighted by Crippen LogP contribution is 2.31. The quantitative estimate of drug-likeness (QED) is 0.852. The summed E-state index contributed by atoms with van der Waals surface area (Å²) in [6.45, 7) is 7.36. The number of halogens is 2. The third kappa shape index (κ3) is 3.98. The molecule has 1 atom stereocenters. The van der Waals surface area contributed by atoms with Crippen LogP contribution in [0.15, 0.2) is 29.4 Å². The molecule has 7 heteroatoms. The Balaban J connectivity index is 2.02. The number of hydrogen-bond donors (Lipinski definition) is 1. The van der Waals surface area contributed by atoms with Crippen LogP contribution in [-0.4, -0.2) is 40.5 Å². The molecule has 1 aliphatic rings. The van der Waals surface area contributed by atoms with E-state index in [1.807, 2.05) is 12.1 Å². The van der Waals surface area contributed by atoms with Gasteiger partial charge in [-0.05, 0) is 36.5 Å². The number of ether oxygens (including phenoxy) is 1. The Morgan fingerprint density at radius 3 is 2.52 bits per heavy atom. The lowest BCUT2D eigenvalue weighted by Gasteiger charge is -2.29. The van der Waals surface area contributed by atoms with Gasteiger partial charge in [0.05, 0.1) is 0 Å². The fourth-order valence-corrected chi connectivity index (χ4v) is 2.60. The number of hydrogen-bond acceptors (Lipinski definition) is 4. The number of rotatable bonds is 6. The van der Waals surface area contributed by atoms with Crippen LogP contribution in [0, 0.1) is 0 Å². The molecule has 2 rings (SSSR count). The molecular weight excluding hydrogens is 330 g/mol. The van der Waals surface area contributed by atoms with E-state index >= 15 is 0 Å². The van der Waals surface area contributed by atoms with Gasteiger partial charge in [-0.3, -0.25) is 4.79 Å². The molecule has 0 spiro atoms. The molecule has 0 saturated heterocycles. The first-order valence-corrected chi connectivity index (χ1v) is 8.21. The second kappa shape index (κ2) is 7.07. The van der Waals surface area contributed by atoms with Gasteiger partial charge in [-0.1, -0.05) is 32.9 Å². The maximum absolute atomic E-state index is 13.1. The van der Waals surface area contributed by atoms with E-state index in [2.05, 4.69) is 25.9 Å². The van der Waals surface area contributed by atoms with Crippen molar-refractivity contribution < 1.29 is 23.4 Å². The van der Waals surface area contributed by atoms with E-state index < -0.39 is 24.7 Å². The summed E-state index contributed by atoms with van der Waals surface area (Å²) in [6, 6.07) is 7.30. The van der Waals surface area contributed by atoms with Crippen molar-refractivity contribution in [1.29, 1.82) is 0 Å². The second-order valence-corrected chi connectivity index (χ2v) is 6.95. The topological polar surface area (TPSA) is 62.1 Å². The lowest BCUT2D eigenvalue weighted by molar-refractivity contribution is -0.193. The molecule has 0 bridgehead atoms. The van der Waals surface area contributed by atoms with Crippen molar-refractivity contribution in [2.24, 2.45) is 5.10 Å². The molecule has 138 valence electrons. The monoisotopic (exact) mass is 354 g/mol. The third-order valence-electron chi connectivity index (χ3n) is 4.62. The molecule has 0 fully saturated rings. The molecule has 0 aromatic heterocycles. The molecule has 25 heavy (non-hydrogen) atoms. The zero-order valence-corrected chi connectivity index (χ0v) is 14.9. The van der Waals surface area contributed by atoms with Gasteiger partial charge in [0.15, 0.2) is 6.61 Å². The highest BCUT2D eigenvalue weighted by atomic mass is 19.3. The number of benzene rings is 1. The van der Waals surface area contributed by atoms with Crippen molar-refractivity contribution in [3.05, 3.63) is 29.8 Å². The third-order valence-corrected chi connectivity index (χ3v) is 4.62. The van der Waals surface area contributed by atoms with Crippen molar-refractivity contribution >= 4 is 11.6 Å². The summed E-state index contributed by atoms with van der Waals surface area (Å²) in [4.78, 5) is 12.2. The Morgan fingerprint density at radius 2 is 2.00 bits per heavy atom. The molecule has 0 aliphatic carbocycles. The molecular formula is C18H24F2N2O3. The van der Waals surface area contributed by atoms with Gasteiger partial charge in [-0.2, -0.15) is 10.1 Å². The van der Waals surface area contributed by atoms with Crippen LogP contribution in [0.25, 0.3) is 0 Å². The van der Waals surface area contributed by atoms with Crippen molar-refractivity contribution in [3.63, 3.8) is 0 Å². The van der Waals surface area contributed by atoms with Gasteiger partial charge in [0.1, 0.15) is 5.75 Å². The van der Waals surface area contributed by atoms with E-state index in [-0.39, 0.29) is 17.5 Å². The van der Waals surface area contributed by atoms with Crippen LogP contribution in [0.3, 0.4) is 0 Å². The largest absolute Gasteiger partial charge is 0.484 e. The number of alkyl halides is 2. The first kappa shape index (κ1) is 19.3. The molecule has 1 N–H and O–H groups in total. The van der Waals surface area contributed by atoms with E-state index in [4.69, 9.17) is 4.74 Å². The minimum atomic E-state index is -3.12. The van der Waals surface area contributed by atoms with Crippen molar-refractivity contribution in [2.75, 3.05) is 6.61 Å². The van der Waals surface area contributed by atoms with Gasteiger partial charge in [0.2, 0.25) is 5.72 Å². The van der Waals surface area contributed by atoms with Gasteiger partial charge in [0, 0.05) is 12.1 Å². The van der Waals surface area contributed by atoms with E-state index in [1.165, 1.54) is 6.92 Å². The van der Waals surface area contributed by atoms with Crippen LogP contribution < -0.4 is 4.74 Å². The first-order valence-electron chi connectivity index (χ1n) is 8.21. The lowest BCUT2D eigenvalue weighted by Crippen LogP contribution is -2.52. The Labute approximate surface area is 146 Å². The molecule has 1 aliphatic heterocycles. The Hall–Kier alpha value is -2.02. The maximum Gasteiger partial charge on any atom is 0.287 e. The van der Waals surface area contributed by atoms with Crippen LogP contribution in [0.2, 0.25) is 0 Å². The molecule has 1 aromatic rings. The normalized spacial score (nSPS) is 20.8. The van der Waals surface area contributed by atoms with E-state index in [9.17, 15) is 18.7 Å². The highest BCUT2D eigenvalue weighted by molar-refractivity contribution is 5.89. The van der Waals surface area contributed by atoms with Crippen molar-refractivity contribution in [3.8, 4) is 5.75 Å². The fraction of sp³-hybridized carbons (Fsp3) is 0.556. The van der Waals surface area contributed by atoms with Gasteiger partial charge in [-0.15, -0.1) is 0 Å². The summed E-state index contributed by atoms with van der Waals surface area (Å²) in [7, 11) is 0. The Morgan fingerprint density at radius 1 is 1.40 bits per heavy atom. The van der Waals surface area contributed by atoms with E-state index in [0.29, 0.717) is 10.8 Å². The second-order valence-electron chi connectivity index (χ2n) is 6.95. The van der Waals surface area contributed by atoms with E-state index in [0.717, 1.165) is 12.0 Å². The van der Waals surface area contributed by atoms with Crippen molar-refractivity contribution in [2.45, 2.75) is 58.1 Å². The predicted molar refractivity (Wildman–Crippen MR) is 90.8 cm³/mol. The van der Waals surface area contributed by atoms with Crippen LogP contribution >= 0.6 is 0 Å². The minimum absolute atomic E-state index is 0.0316. The molecule has 1 amide bonds. The molecule has 0 radical (unpaired) electrons. The molecule has 0 unspecified atom stereocenters. The summed E-state index contributed by atoms with van der Waals surface area (Å²) in [5.74, 6) is -0.373. The van der Waals surface area contributed by atoms with Gasteiger partial charge >= 0.3 is 0 Å². The average Bonchev–Trinajstić information content (AvgIpc) is 2.89. The van der Waals surface area contributed by atoms with Crippen LogP contribution in [0.4, 0.5) is 8.78 Å². The van der Waals surface area contributed by atoms with Crippen LogP contribution in [0.1, 0.15) is 46.1 Å². The van der Waals surface area contributed by atoms with Gasteiger partial charge < -0.3 is 9.84 Å². The zero-order chi connectivity index (χ0) is 18.8. The molecule has 1 aromatic carbocycles. The van der Waals surface area contributed by atoms with Gasteiger partial charge in [0.25, 0.3) is 12.3 Å². The zero-order valence-electron chi connectivity index (χ0n) is 14.9. The predicted octanol–water partition coefficient (Wildman–Crippen LogP) is 3.31.